The first kappa shape index (κ1) is 18.4. The topological polar surface area (TPSA) is 100 Å². The van der Waals surface area contributed by atoms with Crippen molar-refractivity contribution in [3.05, 3.63) is 66.1 Å². The van der Waals surface area contributed by atoms with Crippen LogP contribution in [0.1, 0.15) is 17.8 Å². The van der Waals surface area contributed by atoms with E-state index in [1.807, 2.05) is 59.1 Å². The van der Waals surface area contributed by atoms with Crippen molar-refractivity contribution < 1.29 is 9.59 Å². The van der Waals surface area contributed by atoms with Crippen LogP contribution in [0, 0.1) is 0 Å². The number of amides is 3. The molecule has 2 heterocycles. The Kier molecular flexibility index (Phi) is 6.35. The van der Waals surface area contributed by atoms with E-state index in [0.717, 1.165) is 17.0 Å². The number of aromatic nitrogens is 3. The van der Waals surface area contributed by atoms with Gasteiger partial charge in [0, 0.05) is 38.7 Å². The molecule has 1 aromatic carbocycles. The highest BCUT2D eigenvalue weighted by Crippen LogP contribution is 2.02. The predicted molar refractivity (Wildman–Crippen MR) is 101 cm³/mol. The van der Waals surface area contributed by atoms with Crippen LogP contribution in [0.25, 0.3) is 5.65 Å². The van der Waals surface area contributed by atoms with Gasteiger partial charge in [0.05, 0.1) is 0 Å². The van der Waals surface area contributed by atoms with E-state index < -0.39 is 0 Å². The minimum atomic E-state index is -0.290. The van der Waals surface area contributed by atoms with Crippen molar-refractivity contribution in [2.75, 3.05) is 13.1 Å². The molecular formula is C19H22N6O2. The summed E-state index contributed by atoms with van der Waals surface area (Å²) < 4.78 is 1.89. The summed E-state index contributed by atoms with van der Waals surface area (Å²) in [5.74, 6) is 0.677. The Hall–Kier alpha value is -3.42. The second kappa shape index (κ2) is 9.33. The minimum absolute atomic E-state index is 0.118. The zero-order valence-corrected chi connectivity index (χ0v) is 14.9. The molecule has 0 unspecified atom stereocenters. The highest BCUT2D eigenvalue weighted by Gasteiger charge is 2.07. The van der Waals surface area contributed by atoms with Gasteiger partial charge in [0.25, 0.3) is 0 Å². The summed E-state index contributed by atoms with van der Waals surface area (Å²) in [6.45, 7) is 1.19. The first-order chi connectivity index (χ1) is 13.2. The highest BCUT2D eigenvalue weighted by molar-refractivity contribution is 5.78. The van der Waals surface area contributed by atoms with Crippen molar-refractivity contribution in [3.63, 3.8) is 0 Å². The number of rotatable bonds is 8. The molecule has 0 fully saturated rings. The zero-order chi connectivity index (χ0) is 18.9. The van der Waals surface area contributed by atoms with Gasteiger partial charge < -0.3 is 16.0 Å². The van der Waals surface area contributed by atoms with Gasteiger partial charge in [-0.2, -0.15) is 0 Å². The van der Waals surface area contributed by atoms with E-state index in [-0.39, 0.29) is 24.9 Å². The largest absolute Gasteiger partial charge is 0.356 e. The first-order valence-corrected chi connectivity index (χ1v) is 8.83. The number of pyridine rings is 1. The number of carbonyl (C=O) groups is 2. The summed E-state index contributed by atoms with van der Waals surface area (Å²) in [5.41, 5.74) is 1.80. The van der Waals surface area contributed by atoms with E-state index in [1.54, 1.807) is 0 Å². The number of carbonyl (C=O) groups excluding carboxylic acids is 2. The summed E-state index contributed by atoms with van der Waals surface area (Å²) in [6.07, 6.45) is 2.70. The molecule has 3 rings (SSSR count). The van der Waals surface area contributed by atoms with Gasteiger partial charge in [-0.3, -0.25) is 9.20 Å². The van der Waals surface area contributed by atoms with Gasteiger partial charge in [-0.1, -0.05) is 36.4 Å². The molecule has 0 aliphatic rings. The molecule has 8 nitrogen and oxygen atoms in total. The van der Waals surface area contributed by atoms with Crippen LogP contribution in [0.2, 0.25) is 0 Å². The summed E-state index contributed by atoms with van der Waals surface area (Å²) in [6, 6.07) is 15.0. The van der Waals surface area contributed by atoms with Crippen molar-refractivity contribution in [2.24, 2.45) is 0 Å². The van der Waals surface area contributed by atoms with E-state index in [9.17, 15) is 9.59 Å². The molecule has 0 spiro atoms. The maximum atomic E-state index is 11.9. The Morgan fingerprint density at radius 2 is 1.70 bits per heavy atom. The van der Waals surface area contributed by atoms with Crippen LogP contribution in [0.3, 0.4) is 0 Å². The van der Waals surface area contributed by atoms with Crippen LogP contribution in [0.15, 0.2) is 54.7 Å². The van der Waals surface area contributed by atoms with Gasteiger partial charge in [0.1, 0.15) is 5.82 Å². The number of urea groups is 1. The number of nitrogens with zero attached hydrogens (tertiary/aromatic N) is 3. The normalized spacial score (nSPS) is 10.5. The van der Waals surface area contributed by atoms with Crippen LogP contribution >= 0.6 is 0 Å². The fourth-order valence-corrected chi connectivity index (χ4v) is 2.59. The number of hydrogen-bond donors (Lipinski definition) is 3. The van der Waals surface area contributed by atoms with Crippen LogP contribution < -0.4 is 16.0 Å². The summed E-state index contributed by atoms with van der Waals surface area (Å²) in [5, 5.41) is 16.4. The van der Waals surface area contributed by atoms with E-state index in [4.69, 9.17) is 0 Å². The van der Waals surface area contributed by atoms with Crippen molar-refractivity contribution >= 4 is 17.6 Å². The van der Waals surface area contributed by atoms with Gasteiger partial charge in [0.15, 0.2) is 5.65 Å². The van der Waals surface area contributed by atoms with Gasteiger partial charge in [0.2, 0.25) is 5.91 Å². The lowest BCUT2D eigenvalue weighted by molar-refractivity contribution is -0.120. The zero-order valence-electron chi connectivity index (χ0n) is 14.9. The average molecular weight is 366 g/mol. The smallest absolute Gasteiger partial charge is 0.315 e. The van der Waals surface area contributed by atoms with Crippen molar-refractivity contribution in [2.45, 2.75) is 19.4 Å². The number of nitrogens with one attached hydrogen (secondary N) is 3. The van der Waals surface area contributed by atoms with Crippen molar-refractivity contribution in [1.82, 2.24) is 30.5 Å². The predicted octanol–water partition coefficient (Wildman–Crippen LogP) is 1.28. The summed E-state index contributed by atoms with van der Waals surface area (Å²) >= 11 is 0. The second-order valence-corrected chi connectivity index (χ2v) is 5.99. The lowest BCUT2D eigenvalue weighted by Gasteiger charge is -2.08. The lowest BCUT2D eigenvalue weighted by atomic mass is 10.2. The SMILES string of the molecule is O=C(CCNC(=O)NCc1ccccc1)NCCc1nnc2ccccn12. The van der Waals surface area contributed by atoms with Crippen LogP contribution in [0.5, 0.6) is 0 Å². The van der Waals surface area contributed by atoms with E-state index in [0.29, 0.717) is 19.5 Å². The van der Waals surface area contributed by atoms with Gasteiger partial charge in [-0.05, 0) is 17.7 Å². The molecule has 3 amide bonds. The maximum Gasteiger partial charge on any atom is 0.315 e. The van der Waals surface area contributed by atoms with Gasteiger partial charge in [-0.15, -0.1) is 10.2 Å². The standard InChI is InChI=1S/C19H22N6O2/c26-18(10-12-21-19(27)22-14-15-6-2-1-3-7-15)20-11-9-17-24-23-16-8-4-5-13-25(16)17/h1-8,13H,9-12,14H2,(H,20,26)(H2,21,22,27). The number of benzene rings is 1. The third-order valence-electron chi connectivity index (χ3n) is 3.99. The fraction of sp³-hybridized carbons (Fsp3) is 0.263. The molecule has 0 saturated carbocycles. The molecule has 8 heteroatoms. The molecule has 0 aliphatic heterocycles. The quantitative estimate of drug-likeness (QED) is 0.559. The van der Waals surface area contributed by atoms with Crippen LogP contribution in [-0.4, -0.2) is 39.6 Å². The molecule has 0 aliphatic carbocycles. The fourth-order valence-electron chi connectivity index (χ4n) is 2.59. The molecule has 0 atom stereocenters. The Labute approximate surface area is 157 Å². The summed E-state index contributed by atoms with van der Waals surface area (Å²) in [4.78, 5) is 23.6. The molecular weight excluding hydrogens is 344 g/mol. The molecule has 0 bridgehead atoms. The Morgan fingerprint density at radius 3 is 2.56 bits per heavy atom. The average Bonchev–Trinajstić information content (AvgIpc) is 3.10. The monoisotopic (exact) mass is 366 g/mol. The van der Waals surface area contributed by atoms with Crippen LogP contribution in [-0.2, 0) is 17.8 Å². The molecule has 3 N–H and O–H groups in total. The molecule has 140 valence electrons. The highest BCUT2D eigenvalue weighted by atomic mass is 16.2. The maximum absolute atomic E-state index is 11.9. The molecule has 2 aromatic heterocycles. The van der Waals surface area contributed by atoms with E-state index in [1.165, 1.54) is 0 Å². The first-order valence-electron chi connectivity index (χ1n) is 8.83. The molecule has 0 saturated heterocycles. The number of hydrogen-bond acceptors (Lipinski definition) is 4. The Balaban J connectivity index is 1.30. The summed E-state index contributed by atoms with van der Waals surface area (Å²) in [7, 11) is 0. The Morgan fingerprint density at radius 1 is 0.889 bits per heavy atom. The van der Waals surface area contributed by atoms with Crippen molar-refractivity contribution in [1.29, 1.82) is 0 Å². The van der Waals surface area contributed by atoms with Crippen molar-refractivity contribution in [3.8, 4) is 0 Å². The third kappa shape index (κ3) is 5.53. The number of fused-ring (bicyclic) bond motifs is 1. The van der Waals surface area contributed by atoms with Crippen LogP contribution in [0.4, 0.5) is 4.79 Å². The minimum Gasteiger partial charge on any atom is -0.356 e. The van der Waals surface area contributed by atoms with E-state index in [2.05, 4.69) is 26.1 Å². The molecule has 0 radical (unpaired) electrons. The Bertz CT molecular complexity index is 893. The van der Waals surface area contributed by atoms with Gasteiger partial charge >= 0.3 is 6.03 Å². The van der Waals surface area contributed by atoms with E-state index >= 15 is 0 Å². The lowest BCUT2D eigenvalue weighted by Crippen LogP contribution is -2.37. The molecule has 27 heavy (non-hydrogen) atoms. The molecule has 3 aromatic rings. The third-order valence-corrected chi connectivity index (χ3v) is 3.99. The van der Waals surface area contributed by atoms with Gasteiger partial charge in [-0.25, -0.2) is 4.79 Å². The second-order valence-electron chi connectivity index (χ2n) is 5.99.